The highest BCUT2D eigenvalue weighted by atomic mass is 35.5. The summed E-state index contributed by atoms with van der Waals surface area (Å²) in [5, 5.41) is 6.47. The van der Waals surface area contributed by atoms with Gasteiger partial charge in [0.2, 0.25) is 0 Å². The van der Waals surface area contributed by atoms with Crippen molar-refractivity contribution in [2.45, 2.75) is 19.8 Å². The number of nitrogens with one attached hydrogen (secondary N) is 2. The Bertz CT molecular complexity index is 476. The zero-order valence-electron chi connectivity index (χ0n) is 11.3. The molecule has 0 aromatic heterocycles. The molecule has 1 atom stereocenters. The lowest BCUT2D eigenvalue weighted by Crippen LogP contribution is -2.45. The molecule has 1 amide bonds. The lowest BCUT2D eigenvalue weighted by Gasteiger charge is -2.34. The molecule has 1 heterocycles. The van der Waals surface area contributed by atoms with E-state index in [-0.39, 0.29) is 23.4 Å². The second-order valence-corrected chi connectivity index (χ2v) is 5.83. The van der Waals surface area contributed by atoms with Crippen molar-refractivity contribution in [1.82, 2.24) is 10.6 Å². The molecule has 1 aromatic rings. The maximum absolute atomic E-state index is 13.5. The van der Waals surface area contributed by atoms with Gasteiger partial charge in [-0.1, -0.05) is 18.5 Å². The molecule has 112 valence electrons. The van der Waals surface area contributed by atoms with Gasteiger partial charge in [-0.05, 0) is 43.0 Å². The Morgan fingerprint density at radius 3 is 2.95 bits per heavy atom. The highest BCUT2D eigenvalue weighted by Crippen LogP contribution is 2.24. The van der Waals surface area contributed by atoms with E-state index in [1.165, 1.54) is 18.2 Å². The topological polar surface area (TPSA) is 41.1 Å². The third-order valence-electron chi connectivity index (χ3n) is 3.53. The standard InChI is InChI=1S/C14H18ClFN2O.ClH/c1-14(5-2-6-17-8-14)9-18-13(19)11-7-10(15)3-4-12(11)16;/h3-4,7,17H,2,5-6,8-9H2,1H3,(H,18,19);1H. The van der Waals surface area contributed by atoms with Gasteiger partial charge in [0.15, 0.2) is 0 Å². The molecule has 1 fully saturated rings. The minimum atomic E-state index is -0.547. The van der Waals surface area contributed by atoms with Gasteiger partial charge in [-0.2, -0.15) is 0 Å². The van der Waals surface area contributed by atoms with Crippen LogP contribution < -0.4 is 10.6 Å². The predicted molar refractivity (Wildman–Crippen MR) is 81.2 cm³/mol. The van der Waals surface area contributed by atoms with Crippen LogP contribution >= 0.6 is 24.0 Å². The molecule has 2 rings (SSSR count). The van der Waals surface area contributed by atoms with Gasteiger partial charge >= 0.3 is 0 Å². The zero-order valence-corrected chi connectivity index (χ0v) is 12.9. The van der Waals surface area contributed by atoms with Gasteiger partial charge in [0.25, 0.3) is 5.91 Å². The van der Waals surface area contributed by atoms with Crippen LogP contribution in [-0.4, -0.2) is 25.5 Å². The number of carbonyl (C=O) groups is 1. The Hall–Kier alpha value is -0.840. The summed E-state index contributed by atoms with van der Waals surface area (Å²) in [4.78, 5) is 12.0. The van der Waals surface area contributed by atoms with Crippen molar-refractivity contribution in [2.24, 2.45) is 5.41 Å². The maximum atomic E-state index is 13.5. The molecular formula is C14H19Cl2FN2O. The van der Waals surface area contributed by atoms with E-state index in [0.717, 1.165) is 25.9 Å². The summed E-state index contributed by atoms with van der Waals surface area (Å²) < 4.78 is 13.5. The molecule has 3 nitrogen and oxygen atoms in total. The van der Waals surface area contributed by atoms with Crippen molar-refractivity contribution in [3.63, 3.8) is 0 Å². The van der Waals surface area contributed by atoms with Gasteiger partial charge in [-0.15, -0.1) is 12.4 Å². The smallest absolute Gasteiger partial charge is 0.254 e. The Labute approximate surface area is 129 Å². The lowest BCUT2D eigenvalue weighted by atomic mass is 9.83. The number of rotatable bonds is 3. The summed E-state index contributed by atoms with van der Waals surface area (Å²) in [6.07, 6.45) is 2.15. The number of halogens is 3. The quantitative estimate of drug-likeness (QED) is 0.898. The van der Waals surface area contributed by atoms with Gasteiger partial charge in [-0.3, -0.25) is 4.79 Å². The van der Waals surface area contributed by atoms with E-state index in [2.05, 4.69) is 17.6 Å². The van der Waals surface area contributed by atoms with Crippen LogP contribution in [0.4, 0.5) is 4.39 Å². The van der Waals surface area contributed by atoms with Crippen molar-refractivity contribution >= 4 is 29.9 Å². The summed E-state index contributed by atoms with van der Waals surface area (Å²) in [6.45, 7) is 4.54. The van der Waals surface area contributed by atoms with Gasteiger partial charge in [0.05, 0.1) is 5.56 Å². The van der Waals surface area contributed by atoms with Crippen LogP contribution in [0.5, 0.6) is 0 Å². The largest absolute Gasteiger partial charge is 0.351 e. The Balaban J connectivity index is 0.00000200. The highest BCUT2D eigenvalue weighted by molar-refractivity contribution is 6.30. The third kappa shape index (κ3) is 4.33. The van der Waals surface area contributed by atoms with E-state index >= 15 is 0 Å². The van der Waals surface area contributed by atoms with E-state index in [1.807, 2.05) is 0 Å². The first kappa shape index (κ1) is 17.2. The first-order valence-corrected chi connectivity index (χ1v) is 6.82. The Morgan fingerprint density at radius 2 is 2.30 bits per heavy atom. The van der Waals surface area contributed by atoms with E-state index in [1.54, 1.807) is 0 Å². The van der Waals surface area contributed by atoms with Crippen LogP contribution in [0.25, 0.3) is 0 Å². The van der Waals surface area contributed by atoms with Crippen molar-refractivity contribution in [2.75, 3.05) is 19.6 Å². The number of carbonyl (C=O) groups excluding carboxylic acids is 1. The lowest BCUT2D eigenvalue weighted by molar-refractivity contribution is 0.0920. The summed E-state index contributed by atoms with van der Waals surface area (Å²) in [6, 6.07) is 3.99. The molecule has 1 saturated heterocycles. The molecule has 2 N–H and O–H groups in total. The molecule has 1 aliphatic heterocycles. The maximum Gasteiger partial charge on any atom is 0.254 e. The number of hydrogen-bond acceptors (Lipinski definition) is 2. The van der Waals surface area contributed by atoms with Crippen LogP contribution in [0.2, 0.25) is 5.02 Å². The summed E-state index contributed by atoms with van der Waals surface area (Å²) in [7, 11) is 0. The van der Waals surface area contributed by atoms with E-state index < -0.39 is 11.7 Å². The van der Waals surface area contributed by atoms with Crippen LogP contribution in [0.1, 0.15) is 30.1 Å². The van der Waals surface area contributed by atoms with Crippen LogP contribution in [0.3, 0.4) is 0 Å². The number of hydrogen-bond donors (Lipinski definition) is 2. The monoisotopic (exact) mass is 320 g/mol. The molecule has 0 aliphatic carbocycles. The van der Waals surface area contributed by atoms with Crippen molar-refractivity contribution in [3.05, 3.63) is 34.6 Å². The minimum Gasteiger partial charge on any atom is -0.351 e. The fourth-order valence-corrected chi connectivity index (χ4v) is 2.50. The van der Waals surface area contributed by atoms with Crippen LogP contribution in [0.15, 0.2) is 18.2 Å². The summed E-state index contributed by atoms with van der Waals surface area (Å²) in [5.74, 6) is -0.958. The molecular weight excluding hydrogens is 302 g/mol. The van der Waals surface area contributed by atoms with Crippen molar-refractivity contribution in [1.29, 1.82) is 0 Å². The molecule has 20 heavy (non-hydrogen) atoms. The average molecular weight is 321 g/mol. The molecule has 0 spiro atoms. The summed E-state index contributed by atoms with van der Waals surface area (Å²) in [5.41, 5.74) is 0.0306. The van der Waals surface area contributed by atoms with E-state index in [9.17, 15) is 9.18 Å². The second kappa shape index (κ2) is 7.25. The van der Waals surface area contributed by atoms with Crippen LogP contribution in [-0.2, 0) is 0 Å². The van der Waals surface area contributed by atoms with Gasteiger partial charge < -0.3 is 10.6 Å². The predicted octanol–water partition coefficient (Wildman–Crippen LogP) is 3.02. The van der Waals surface area contributed by atoms with E-state index in [4.69, 9.17) is 11.6 Å². The molecule has 0 radical (unpaired) electrons. The average Bonchev–Trinajstić information content (AvgIpc) is 2.40. The molecule has 1 aromatic carbocycles. The van der Waals surface area contributed by atoms with Crippen LogP contribution in [0, 0.1) is 11.2 Å². The van der Waals surface area contributed by atoms with Gasteiger partial charge in [-0.25, -0.2) is 4.39 Å². The molecule has 6 heteroatoms. The summed E-state index contributed by atoms with van der Waals surface area (Å²) >= 11 is 5.78. The molecule has 1 aliphatic rings. The molecule has 0 bridgehead atoms. The molecule has 0 saturated carbocycles. The minimum absolute atomic E-state index is 0. The highest BCUT2D eigenvalue weighted by Gasteiger charge is 2.27. The zero-order chi connectivity index (χ0) is 13.9. The van der Waals surface area contributed by atoms with Crippen molar-refractivity contribution < 1.29 is 9.18 Å². The Morgan fingerprint density at radius 1 is 1.55 bits per heavy atom. The van der Waals surface area contributed by atoms with Gasteiger partial charge in [0.1, 0.15) is 5.82 Å². The Kier molecular flexibility index (Phi) is 6.24. The normalized spacial score (nSPS) is 21.9. The second-order valence-electron chi connectivity index (χ2n) is 5.40. The number of piperidine rings is 1. The first-order valence-electron chi connectivity index (χ1n) is 6.44. The van der Waals surface area contributed by atoms with Gasteiger partial charge in [0, 0.05) is 18.1 Å². The first-order chi connectivity index (χ1) is 9.00. The third-order valence-corrected chi connectivity index (χ3v) is 3.77. The fraction of sp³-hybridized carbons (Fsp3) is 0.500. The SMILES string of the molecule is CC1(CNC(=O)c2cc(Cl)ccc2F)CCCNC1.Cl. The number of amides is 1. The fourth-order valence-electron chi connectivity index (χ4n) is 2.33. The number of benzene rings is 1. The van der Waals surface area contributed by atoms with Crippen molar-refractivity contribution in [3.8, 4) is 0 Å². The van der Waals surface area contributed by atoms with E-state index in [0.29, 0.717) is 11.6 Å². The molecule has 1 unspecified atom stereocenters.